The average Bonchev–Trinajstić information content (AvgIpc) is 2.20. The fourth-order valence-corrected chi connectivity index (χ4v) is 1.93. The number of carbonyl (C=O) groups excluding carboxylic acids is 1. The fraction of sp³-hybridized carbons (Fsp3) is 0.364. The molecule has 0 amide bonds. The number of ether oxygens (including phenoxy) is 1. The molecule has 1 rings (SSSR count). The van der Waals surface area contributed by atoms with E-state index in [2.05, 4.69) is 22.9 Å². The van der Waals surface area contributed by atoms with E-state index in [0.29, 0.717) is 5.56 Å². The summed E-state index contributed by atoms with van der Waals surface area (Å²) in [6.07, 6.45) is 1.89. The van der Waals surface area contributed by atoms with Crippen LogP contribution in [0.3, 0.4) is 0 Å². The summed E-state index contributed by atoms with van der Waals surface area (Å²) in [4.78, 5) is 11.4. The minimum Gasteiger partial charge on any atom is -0.465 e. The van der Waals surface area contributed by atoms with E-state index in [-0.39, 0.29) is 5.97 Å². The van der Waals surface area contributed by atoms with Crippen molar-refractivity contribution in [1.82, 2.24) is 0 Å². The lowest BCUT2D eigenvalue weighted by Crippen LogP contribution is -2.06. The van der Waals surface area contributed by atoms with Crippen LogP contribution >= 0.6 is 15.9 Å². The Labute approximate surface area is 92.4 Å². The lowest BCUT2D eigenvalue weighted by atomic mass is 10.0. The van der Waals surface area contributed by atoms with E-state index in [0.717, 1.165) is 22.9 Å². The summed E-state index contributed by atoms with van der Waals surface area (Å²) < 4.78 is 5.69. The monoisotopic (exact) mass is 256 g/mol. The van der Waals surface area contributed by atoms with Gasteiger partial charge in [0, 0.05) is 4.47 Å². The Bertz CT molecular complexity index is 334. The van der Waals surface area contributed by atoms with E-state index >= 15 is 0 Å². The van der Waals surface area contributed by atoms with Gasteiger partial charge in [-0.1, -0.05) is 35.3 Å². The number of methoxy groups -OCH3 is 1. The molecule has 0 aliphatic rings. The van der Waals surface area contributed by atoms with Crippen molar-refractivity contribution in [3.8, 4) is 0 Å². The van der Waals surface area contributed by atoms with Gasteiger partial charge in [0.15, 0.2) is 0 Å². The van der Waals surface area contributed by atoms with Gasteiger partial charge in [0.25, 0.3) is 0 Å². The number of hydrogen-bond acceptors (Lipinski definition) is 2. The van der Waals surface area contributed by atoms with Crippen LogP contribution in [0.5, 0.6) is 0 Å². The molecule has 0 heterocycles. The molecule has 0 saturated carbocycles. The summed E-state index contributed by atoms with van der Waals surface area (Å²) in [5.74, 6) is -0.269. The molecule has 0 fully saturated rings. The minimum absolute atomic E-state index is 0.269. The molecular weight excluding hydrogens is 244 g/mol. The maximum Gasteiger partial charge on any atom is 0.338 e. The van der Waals surface area contributed by atoms with Crippen molar-refractivity contribution in [3.05, 3.63) is 33.8 Å². The van der Waals surface area contributed by atoms with Gasteiger partial charge in [0.2, 0.25) is 0 Å². The molecule has 0 aliphatic heterocycles. The summed E-state index contributed by atoms with van der Waals surface area (Å²) in [5.41, 5.74) is 1.69. The van der Waals surface area contributed by atoms with Crippen molar-refractivity contribution in [2.75, 3.05) is 7.11 Å². The van der Waals surface area contributed by atoms with Crippen molar-refractivity contribution >= 4 is 21.9 Å². The van der Waals surface area contributed by atoms with Crippen molar-refractivity contribution in [1.29, 1.82) is 0 Å². The van der Waals surface area contributed by atoms with E-state index in [1.165, 1.54) is 7.11 Å². The molecule has 0 radical (unpaired) electrons. The third-order valence-electron chi connectivity index (χ3n) is 2.02. The van der Waals surface area contributed by atoms with Crippen molar-refractivity contribution < 1.29 is 9.53 Å². The summed E-state index contributed by atoms with van der Waals surface area (Å²) in [5, 5.41) is 0. The third-order valence-corrected chi connectivity index (χ3v) is 2.77. The van der Waals surface area contributed by atoms with Gasteiger partial charge in [-0.15, -0.1) is 0 Å². The molecule has 1 aromatic rings. The smallest absolute Gasteiger partial charge is 0.338 e. The van der Waals surface area contributed by atoms with E-state index < -0.39 is 0 Å². The first-order chi connectivity index (χ1) is 6.70. The molecule has 2 nitrogen and oxygen atoms in total. The molecular formula is C11H13BrO2. The highest BCUT2D eigenvalue weighted by molar-refractivity contribution is 9.10. The molecule has 0 aliphatic carbocycles. The van der Waals surface area contributed by atoms with Crippen molar-refractivity contribution in [2.45, 2.75) is 19.8 Å². The Balaban J connectivity index is 3.13. The second-order valence-corrected chi connectivity index (χ2v) is 3.86. The van der Waals surface area contributed by atoms with Gasteiger partial charge in [-0.25, -0.2) is 4.79 Å². The first-order valence-corrected chi connectivity index (χ1v) is 5.35. The van der Waals surface area contributed by atoms with Crippen LogP contribution in [-0.4, -0.2) is 13.1 Å². The van der Waals surface area contributed by atoms with E-state index in [1.807, 2.05) is 12.1 Å². The second-order valence-electron chi connectivity index (χ2n) is 3.01. The van der Waals surface area contributed by atoms with Gasteiger partial charge in [-0.05, 0) is 24.1 Å². The highest BCUT2D eigenvalue weighted by Crippen LogP contribution is 2.22. The van der Waals surface area contributed by atoms with Crippen molar-refractivity contribution in [2.24, 2.45) is 0 Å². The van der Waals surface area contributed by atoms with Crippen LogP contribution in [0, 0.1) is 0 Å². The van der Waals surface area contributed by atoms with Crippen LogP contribution < -0.4 is 0 Å². The zero-order valence-corrected chi connectivity index (χ0v) is 9.93. The van der Waals surface area contributed by atoms with Gasteiger partial charge >= 0.3 is 5.97 Å². The first kappa shape index (κ1) is 11.2. The Hall–Kier alpha value is -0.830. The lowest BCUT2D eigenvalue weighted by molar-refractivity contribution is 0.0599. The molecule has 0 aromatic heterocycles. The number of benzene rings is 1. The van der Waals surface area contributed by atoms with Gasteiger partial charge in [-0.2, -0.15) is 0 Å². The molecule has 0 N–H and O–H groups in total. The molecule has 76 valence electrons. The van der Waals surface area contributed by atoms with Crippen LogP contribution in [0.15, 0.2) is 22.7 Å². The maximum atomic E-state index is 11.4. The molecule has 14 heavy (non-hydrogen) atoms. The maximum absolute atomic E-state index is 11.4. The third kappa shape index (κ3) is 2.35. The summed E-state index contributed by atoms with van der Waals surface area (Å²) in [6, 6.07) is 5.58. The standard InChI is InChI=1S/C11H13BrO2/c1-3-5-8-9(11(13)14-2)6-4-7-10(8)12/h4,6-7H,3,5H2,1-2H3. The number of esters is 1. The number of carbonyl (C=O) groups is 1. The van der Waals surface area contributed by atoms with Crippen LogP contribution in [0.2, 0.25) is 0 Å². The Kier molecular flexibility index (Phi) is 4.14. The van der Waals surface area contributed by atoms with E-state index in [4.69, 9.17) is 4.74 Å². The number of rotatable bonds is 3. The van der Waals surface area contributed by atoms with Gasteiger partial charge in [-0.3, -0.25) is 0 Å². The van der Waals surface area contributed by atoms with E-state index in [1.54, 1.807) is 6.07 Å². The first-order valence-electron chi connectivity index (χ1n) is 4.56. The lowest BCUT2D eigenvalue weighted by Gasteiger charge is -2.08. The van der Waals surface area contributed by atoms with Crippen molar-refractivity contribution in [3.63, 3.8) is 0 Å². The van der Waals surface area contributed by atoms with E-state index in [9.17, 15) is 4.79 Å². The van der Waals surface area contributed by atoms with Gasteiger partial charge < -0.3 is 4.74 Å². The molecule has 0 atom stereocenters. The summed E-state index contributed by atoms with van der Waals surface area (Å²) >= 11 is 3.44. The average molecular weight is 257 g/mol. The van der Waals surface area contributed by atoms with Crippen LogP contribution in [0.1, 0.15) is 29.3 Å². The minimum atomic E-state index is -0.269. The SMILES string of the molecule is CCCc1c(Br)cccc1C(=O)OC. The zero-order valence-electron chi connectivity index (χ0n) is 8.34. The Morgan fingerprint density at radius 2 is 2.21 bits per heavy atom. The highest BCUT2D eigenvalue weighted by Gasteiger charge is 2.12. The highest BCUT2D eigenvalue weighted by atomic mass is 79.9. The molecule has 1 aromatic carbocycles. The quantitative estimate of drug-likeness (QED) is 0.777. The molecule has 0 spiro atoms. The van der Waals surface area contributed by atoms with Crippen LogP contribution in [0.25, 0.3) is 0 Å². The molecule has 0 unspecified atom stereocenters. The Morgan fingerprint density at radius 3 is 2.79 bits per heavy atom. The Morgan fingerprint density at radius 1 is 1.50 bits per heavy atom. The zero-order chi connectivity index (χ0) is 10.6. The number of hydrogen-bond donors (Lipinski definition) is 0. The van der Waals surface area contributed by atoms with Gasteiger partial charge in [0.05, 0.1) is 12.7 Å². The van der Waals surface area contributed by atoms with Crippen LogP contribution in [-0.2, 0) is 11.2 Å². The van der Waals surface area contributed by atoms with Gasteiger partial charge in [0.1, 0.15) is 0 Å². The summed E-state index contributed by atoms with van der Waals surface area (Å²) in [7, 11) is 1.40. The predicted octanol–water partition coefficient (Wildman–Crippen LogP) is 3.19. The number of halogens is 1. The normalized spacial score (nSPS) is 9.93. The topological polar surface area (TPSA) is 26.3 Å². The molecule has 0 saturated heterocycles. The van der Waals surface area contributed by atoms with Crippen LogP contribution in [0.4, 0.5) is 0 Å². The predicted molar refractivity (Wildman–Crippen MR) is 59.5 cm³/mol. The molecule has 0 bridgehead atoms. The largest absolute Gasteiger partial charge is 0.465 e. The summed E-state index contributed by atoms with van der Waals surface area (Å²) in [6.45, 7) is 2.08. The second kappa shape index (κ2) is 5.15. The fourth-order valence-electron chi connectivity index (χ4n) is 1.36. The molecule has 3 heteroatoms.